The molecule has 2 aliphatic heterocycles. The third kappa shape index (κ3) is 2.90. The second-order valence-corrected chi connectivity index (χ2v) is 7.09. The number of hydrogen-bond acceptors (Lipinski definition) is 3. The van der Waals surface area contributed by atoms with Crippen LogP contribution in [0, 0.1) is 5.92 Å². The second-order valence-electron chi connectivity index (χ2n) is 7.09. The van der Waals surface area contributed by atoms with Gasteiger partial charge in [0, 0.05) is 30.1 Å². The van der Waals surface area contributed by atoms with Crippen LogP contribution in [0.1, 0.15) is 40.7 Å². The van der Waals surface area contributed by atoms with Crippen LogP contribution in [0.25, 0.3) is 0 Å². The lowest BCUT2D eigenvalue weighted by Gasteiger charge is -2.18. The molecule has 0 radical (unpaired) electrons. The zero-order chi connectivity index (χ0) is 18.3. The van der Waals surface area contributed by atoms with Gasteiger partial charge < -0.3 is 4.90 Å². The smallest absolute Gasteiger partial charge is 0.258 e. The van der Waals surface area contributed by atoms with Gasteiger partial charge >= 0.3 is 0 Å². The van der Waals surface area contributed by atoms with Gasteiger partial charge in [-0.2, -0.15) is 0 Å². The van der Waals surface area contributed by atoms with E-state index in [1.54, 1.807) is 12.1 Å². The Balaban J connectivity index is 1.50. The number of nitrogens with one attached hydrogen (secondary N) is 1. The Bertz CT molecular complexity index is 888. The molecule has 0 bridgehead atoms. The van der Waals surface area contributed by atoms with Gasteiger partial charge in [-0.3, -0.25) is 19.7 Å². The highest BCUT2D eigenvalue weighted by atomic mass is 16.2. The van der Waals surface area contributed by atoms with Crippen LogP contribution in [0.3, 0.4) is 0 Å². The first-order valence-electron chi connectivity index (χ1n) is 8.86. The summed E-state index contributed by atoms with van der Waals surface area (Å²) >= 11 is 0. The van der Waals surface area contributed by atoms with Crippen molar-refractivity contribution in [1.29, 1.82) is 0 Å². The molecule has 0 unspecified atom stereocenters. The number of nitrogens with zero attached hydrogens (tertiary/aromatic N) is 1. The van der Waals surface area contributed by atoms with E-state index >= 15 is 0 Å². The minimum atomic E-state index is -0.310. The molecule has 2 aromatic carbocycles. The number of anilines is 1. The highest BCUT2D eigenvalue weighted by Crippen LogP contribution is 2.36. The van der Waals surface area contributed by atoms with Crippen molar-refractivity contribution < 1.29 is 14.4 Å². The van der Waals surface area contributed by atoms with Crippen molar-refractivity contribution in [3.63, 3.8) is 0 Å². The molecule has 132 valence electrons. The SMILES string of the molecule is C[C@H]1CN(C(=O)c2ccc(C[C@H]3CC(=O)NC3=O)cc2)c2ccccc21. The fourth-order valence-electron chi connectivity index (χ4n) is 3.81. The van der Waals surface area contributed by atoms with E-state index in [9.17, 15) is 14.4 Å². The predicted octanol–water partition coefficient (Wildman–Crippen LogP) is 2.66. The van der Waals surface area contributed by atoms with E-state index in [-0.39, 0.29) is 30.1 Å². The molecular formula is C21H20N2O3. The van der Waals surface area contributed by atoms with E-state index in [4.69, 9.17) is 0 Å². The molecule has 2 atom stereocenters. The zero-order valence-corrected chi connectivity index (χ0v) is 14.6. The monoisotopic (exact) mass is 348 g/mol. The van der Waals surface area contributed by atoms with Crippen LogP contribution in [0.15, 0.2) is 48.5 Å². The van der Waals surface area contributed by atoms with Crippen molar-refractivity contribution >= 4 is 23.4 Å². The van der Waals surface area contributed by atoms with Crippen molar-refractivity contribution in [3.05, 3.63) is 65.2 Å². The molecule has 0 aromatic heterocycles. The van der Waals surface area contributed by atoms with Gasteiger partial charge in [-0.1, -0.05) is 37.3 Å². The standard InChI is InChI=1S/C21H20N2O3/c1-13-12-23(18-5-3-2-4-17(13)18)21(26)15-8-6-14(7-9-15)10-16-11-19(24)22-20(16)25/h2-9,13,16H,10-12H2,1H3,(H,22,24,25)/t13-,16-/m0/s1. The third-order valence-electron chi connectivity index (χ3n) is 5.21. The number of carbonyl (C=O) groups excluding carboxylic acids is 3. The van der Waals surface area contributed by atoms with E-state index in [0.717, 1.165) is 11.3 Å². The number of imide groups is 1. The average Bonchev–Trinajstić information content (AvgIpc) is 3.14. The van der Waals surface area contributed by atoms with Gasteiger partial charge in [-0.05, 0) is 35.7 Å². The second kappa shape index (κ2) is 6.41. The van der Waals surface area contributed by atoms with Gasteiger partial charge in [-0.15, -0.1) is 0 Å². The Labute approximate surface area is 152 Å². The molecular weight excluding hydrogens is 328 g/mol. The average molecular weight is 348 g/mol. The van der Waals surface area contributed by atoms with Gasteiger partial charge in [0.25, 0.3) is 5.91 Å². The molecule has 0 aliphatic carbocycles. The summed E-state index contributed by atoms with van der Waals surface area (Å²) < 4.78 is 0. The summed E-state index contributed by atoms with van der Waals surface area (Å²) in [6.07, 6.45) is 0.748. The molecule has 5 heteroatoms. The van der Waals surface area contributed by atoms with Crippen molar-refractivity contribution in [3.8, 4) is 0 Å². The topological polar surface area (TPSA) is 66.5 Å². The quantitative estimate of drug-likeness (QED) is 0.867. The molecule has 1 saturated heterocycles. The number of carbonyl (C=O) groups is 3. The lowest BCUT2D eigenvalue weighted by Crippen LogP contribution is -2.29. The lowest BCUT2D eigenvalue weighted by molar-refractivity contribution is -0.125. The summed E-state index contributed by atoms with van der Waals surface area (Å²) in [5.74, 6) is -0.420. The fraction of sp³-hybridized carbons (Fsp3) is 0.286. The number of hydrogen-bond donors (Lipinski definition) is 1. The first kappa shape index (κ1) is 16.5. The Morgan fingerprint density at radius 2 is 1.85 bits per heavy atom. The number of benzene rings is 2. The number of fused-ring (bicyclic) bond motifs is 1. The predicted molar refractivity (Wildman–Crippen MR) is 97.9 cm³/mol. The summed E-state index contributed by atoms with van der Waals surface area (Å²) in [6, 6.07) is 15.4. The van der Waals surface area contributed by atoms with Gasteiger partial charge in [0.1, 0.15) is 0 Å². The minimum Gasteiger partial charge on any atom is -0.307 e. The molecule has 2 heterocycles. The molecule has 3 amide bonds. The van der Waals surface area contributed by atoms with E-state index in [0.29, 0.717) is 24.4 Å². The van der Waals surface area contributed by atoms with Crippen LogP contribution in [-0.4, -0.2) is 24.3 Å². The van der Waals surface area contributed by atoms with Crippen LogP contribution in [0.4, 0.5) is 5.69 Å². The maximum Gasteiger partial charge on any atom is 0.258 e. The molecule has 5 nitrogen and oxygen atoms in total. The van der Waals surface area contributed by atoms with Crippen LogP contribution in [0.2, 0.25) is 0 Å². The van der Waals surface area contributed by atoms with Crippen molar-refractivity contribution in [2.45, 2.75) is 25.7 Å². The first-order chi connectivity index (χ1) is 12.5. The minimum absolute atomic E-state index is 0.0119. The van der Waals surface area contributed by atoms with Crippen molar-refractivity contribution in [2.24, 2.45) is 5.92 Å². The highest BCUT2D eigenvalue weighted by molar-refractivity contribution is 6.07. The Hall–Kier alpha value is -2.95. The molecule has 0 saturated carbocycles. The normalized spacial score (nSPS) is 21.7. The summed E-state index contributed by atoms with van der Waals surface area (Å²) in [5, 5.41) is 2.33. The third-order valence-corrected chi connectivity index (χ3v) is 5.21. The molecule has 26 heavy (non-hydrogen) atoms. The lowest BCUT2D eigenvalue weighted by atomic mass is 9.97. The van der Waals surface area contributed by atoms with Crippen molar-refractivity contribution in [2.75, 3.05) is 11.4 Å². The van der Waals surface area contributed by atoms with E-state index < -0.39 is 0 Å². The number of amides is 3. The van der Waals surface area contributed by atoms with Gasteiger partial charge in [0.15, 0.2) is 0 Å². The molecule has 1 fully saturated rings. The summed E-state index contributed by atoms with van der Waals surface area (Å²) in [5.41, 5.74) is 3.76. The molecule has 2 aromatic rings. The Morgan fingerprint density at radius 1 is 1.12 bits per heavy atom. The summed E-state index contributed by atoms with van der Waals surface area (Å²) in [7, 11) is 0. The summed E-state index contributed by atoms with van der Waals surface area (Å²) in [4.78, 5) is 37.7. The van der Waals surface area contributed by atoms with E-state index in [1.807, 2.05) is 35.2 Å². The van der Waals surface area contributed by atoms with Crippen LogP contribution in [0.5, 0.6) is 0 Å². The maximum atomic E-state index is 12.9. The molecule has 2 aliphatic rings. The molecule has 1 N–H and O–H groups in total. The molecule has 0 spiro atoms. The summed E-state index contributed by atoms with van der Waals surface area (Å²) in [6.45, 7) is 2.81. The van der Waals surface area contributed by atoms with Crippen LogP contribution in [-0.2, 0) is 16.0 Å². The largest absolute Gasteiger partial charge is 0.307 e. The highest BCUT2D eigenvalue weighted by Gasteiger charge is 2.31. The van der Waals surface area contributed by atoms with Gasteiger partial charge in [-0.25, -0.2) is 0 Å². The Morgan fingerprint density at radius 3 is 2.54 bits per heavy atom. The Kier molecular flexibility index (Phi) is 4.07. The van der Waals surface area contributed by atoms with Gasteiger partial charge in [0.05, 0.1) is 5.92 Å². The van der Waals surface area contributed by atoms with Crippen LogP contribution >= 0.6 is 0 Å². The van der Waals surface area contributed by atoms with Gasteiger partial charge in [0.2, 0.25) is 11.8 Å². The number of para-hydroxylation sites is 1. The van der Waals surface area contributed by atoms with Crippen LogP contribution < -0.4 is 10.2 Å². The van der Waals surface area contributed by atoms with Crippen molar-refractivity contribution in [1.82, 2.24) is 5.32 Å². The maximum absolute atomic E-state index is 12.9. The first-order valence-corrected chi connectivity index (χ1v) is 8.86. The zero-order valence-electron chi connectivity index (χ0n) is 14.6. The molecule has 4 rings (SSSR count). The van der Waals surface area contributed by atoms with E-state index in [2.05, 4.69) is 18.3 Å². The number of rotatable bonds is 3. The van der Waals surface area contributed by atoms with E-state index in [1.165, 1.54) is 5.56 Å². The fourth-order valence-corrected chi connectivity index (χ4v) is 3.81.